The molecule has 0 saturated heterocycles. The maximum atomic E-state index is 11.7. The Kier molecular flexibility index (Phi) is 42.7. The topological polar surface area (TPSA) is 143 Å². The van der Waals surface area contributed by atoms with Gasteiger partial charge in [0, 0.05) is 12.6 Å². The SMILES string of the molecule is C#CC(C)OC=O.CC.CC(C)CC(C)NC(=O)C(C)(C)NC=O.CC(C)CC(C)N[C-]=O.CCCNC=O.[Fm]. The molecule has 10 nitrogen and oxygen atoms in total. The molecule has 11 heteroatoms. The molecular weight excluding hydrogens is 757 g/mol. The molecular formula is C29H57FmN4O6-. The zero-order valence-electron chi connectivity index (χ0n) is 26.8. The quantitative estimate of drug-likeness (QED) is 0.0657. The zero-order chi connectivity index (χ0) is 31.9. The molecule has 0 radical (unpaired) electrons. The number of rotatable bonds is 15. The molecule has 0 bridgehead atoms. The van der Waals surface area contributed by atoms with E-state index in [2.05, 4.69) is 59.6 Å². The summed E-state index contributed by atoms with van der Waals surface area (Å²) >= 11 is 0. The van der Waals surface area contributed by atoms with Gasteiger partial charge in [0.25, 0.3) is 6.47 Å². The van der Waals surface area contributed by atoms with Crippen LogP contribution in [0.25, 0.3) is 0 Å². The average Bonchev–Trinajstić information content (AvgIpc) is 2.84. The van der Waals surface area contributed by atoms with E-state index in [9.17, 15) is 24.0 Å². The molecule has 3 unspecified atom stereocenters. The molecule has 0 aromatic rings. The number of carbonyl (C=O) groups excluding carboxylic acids is 5. The fourth-order valence-corrected chi connectivity index (χ4v) is 2.58. The molecule has 0 aromatic carbocycles. The first kappa shape index (κ1) is 48.9. The third-order valence-corrected chi connectivity index (χ3v) is 4.29. The Bertz CT molecular complexity index is 641. The smallest absolute Gasteiger partial charge is 0.294 e. The van der Waals surface area contributed by atoms with Gasteiger partial charge in [-0.05, 0) is 71.8 Å². The molecule has 0 aliphatic heterocycles. The van der Waals surface area contributed by atoms with Crippen LogP contribution in [0.1, 0.15) is 102 Å². The van der Waals surface area contributed by atoms with Crippen LogP contribution in [0.3, 0.4) is 0 Å². The number of hydrogen-bond donors (Lipinski definition) is 4. The molecule has 0 heterocycles. The van der Waals surface area contributed by atoms with Gasteiger partial charge in [0.2, 0.25) is 18.7 Å². The predicted octanol–water partition coefficient (Wildman–Crippen LogP) is 3.49. The van der Waals surface area contributed by atoms with Crippen molar-refractivity contribution in [1.82, 2.24) is 21.3 Å². The second-order valence-electron chi connectivity index (χ2n) is 9.78. The molecule has 0 spiro atoms. The van der Waals surface area contributed by atoms with Crippen molar-refractivity contribution in [1.29, 1.82) is 0 Å². The second kappa shape index (κ2) is 34.9. The average molecular weight is 815 g/mol. The summed E-state index contributed by atoms with van der Waals surface area (Å²) in [6, 6.07) is 0.396. The molecule has 0 saturated carbocycles. The van der Waals surface area contributed by atoms with E-state index < -0.39 is 11.6 Å². The van der Waals surface area contributed by atoms with Gasteiger partial charge in [0.1, 0.15) is 5.54 Å². The zero-order valence-corrected chi connectivity index (χ0v) is 29.2. The van der Waals surface area contributed by atoms with Gasteiger partial charge in [-0.3, -0.25) is 19.2 Å². The van der Waals surface area contributed by atoms with Gasteiger partial charge in [0.05, 0.1) is 0 Å². The van der Waals surface area contributed by atoms with Gasteiger partial charge in [-0.25, -0.2) is 0 Å². The standard InChI is InChI=1S/C11H22N2O2.C7H14NO.C5H6O2.C4H9NO.C2H6.Fm/c1-8(2)6-9(3)13-10(15)11(4,5)12-7-14;1-6(2)4-7(3)8-5-9;1-3-5(2)7-4-6;1-2-3-5-4-6;1-2;/h7-9H,6H2,1-5H3,(H,12,14)(H,13,15);6-7H,4H2,1-3H3,(H,8,9);1,4-5H,2H3;4H,2-3H2,1H3,(H,5,6);1-2H3;/q;-1;;;;. The summed E-state index contributed by atoms with van der Waals surface area (Å²) in [4.78, 5) is 50.7. The molecule has 3 atom stereocenters. The fraction of sp³-hybridized carbons (Fsp3) is 0.759. The minimum absolute atomic E-state index is 0. The number of carbonyl (C=O) groups is 4. The normalized spacial score (nSPS) is 11.3. The fourth-order valence-electron chi connectivity index (χ4n) is 2.58. The molecule has 0 aromatic heterocycles. The van der Waals surface area contributed by atoms with Gasteiger partial charge in [-0.15, -0.1) is 6.42 Å². The molecule has 4 amide bonds. The molecule has 242 valence electrons. The molecule has 0 aliphatic rings. The van der Waals surface area contributed by atoms with E-state index in [0.29, 0.717) is 31.1 Å². The molecule has 0 aliphatic carbocycles. The van der Waals surface area contributed by atoms with E-state index in [0.717, 1.165) is 25.8 Å². The van der Waals surface area contributed by atoms with Crippen molar-refractivity contribution in [2.24, 2.45) is 11.8 Å². The Morgan fingerprint density at radius 2 is 1.43 bits per heavy atom. The summed E-state index contributed by atoms with van der Waals surface area (Å²) in [5, 5.41) is 10.5. The van der Waals surface area contributed by atoms with Gasteiger partial charge in [-0.1, -0.05) is 54.4 Å². The number of ether oxygens (including phenoxy) is 1. The Hall–Kier alpha value is -4.09. The first-order valence-corrected chi connectivity index (χ1v) is 13.6. The summed E-state index contributed by atoms with van der Waals surface area (Å²) < 4.78 is 4.27. The number of nitrogens with one attached hydrogen (secondary N) is 4. The Labute approximate surface area is 238 Å². The van der Waals surface area contributed by atoms with Gasteiger partial charge in [0.15, 0.2) is 6.10 Å². The van der Waals surface area contributed by atoms with Gasteiger partial charge < -0.3 is 30.8 Å². The van der Waals surface area contributed by atoms with E-state index >= 15 is 0 Å². The largest absolute Gasteiger partial charge is 0.528 e. The van der Waals surface area contributed by atoms with Crippen molar-refractivity contribution in [2.75, 3.05) is 6.54 Å². The number of terminal acetylenes is 1. The Morgan fingerprint density at radius 3 is 1.70 bits per heavy atom. The summed E-state index contributed by atoms with van der Waals surface area (Å²) in [5.41, 5.74) is -0.840. The first-order valence-electron chi connectivity index (χ1n) is 13.6. The molecule has 4 N–H and O–H groups in total. The molecule has 40 heavy (non-hydrogen) atoms. The maximum absolute atomic E-state index is 11.7. The van der Waals surface area contributed by atoms with Crippen LogP contribution in [0.4, 0.5) is 0 Å². The third kappa shape index (κ3) is 43.9. The van der Waals surface area contributed by atoms with E-state index in [4.69, 9.17) is 6.42 Å². The number of hydrogen-bond acceptors (Lipinski definition) is 6. The van der Waals surface area contributed by atoms with Crippen LogP contribution in [0.5, 0.6) is 0 Å². The van der Waals surface area contributed by atoms with E-state index in [-0.39, 0.29) is 18.0 Å². The van der Waals surface area contributed by atoms with Crippen LogP contribution in [0.2, 0.25) is 0 Å². The monoisotopic (exact) mass is 815 g/mol. The Balaban J connectivity index is -0.0000000997. The van der Waals surface area contributed by atoms with E-state index in [1.54, 1.807) is 27.2 Å². The summed E-state index contributed by atoms with van der Waals surface area (Å²) in [7, 11) is 0. The summed E-state index contributed by atoms with van der Waals surface area (Å²) in [6.45, 7) is 24.5. The van der Waals surface area contributed by atoms with Crippen LogP contribution in [-0.4, -0.2) is 61.9 Å². The van der Waals surface area contributed by atoms with Crippen molar-refractivity contribution >= 4 is 31.6 Å². The summed E-state index contributed by atoms with van der Waals surface area (Å²) in [5.74, 6) is 3.25. The first-order chi connectivity index (χ1) is 18.2. The van der Waals surface area contributed by atoms with Crippen molar-refractivity contribution in [2.45, 2.75) is 126 Å². The van der Waals surface area contributed by atoms with E-state index in [1.165, 1.54) is 0 Å². The third-order valence-electron chi connectivity index (χ3n) is 4.29. The summed E-state index contributed by atoms with van der Waals surface area (Å²) in [6.07, 6.45) is 10.3. The molecule has 0 rings (SSSR count). The predicted molar refractivity (Wildman–Crippen MR) is 159 cm³/mol. The maximum Gasteiger partial charge on any atom is 0.294 e. The second-order valence-corrected chi connectivity index (χ2v) is 9.78. The van der Waals surface area contributed by atoms with Crippen LogP contribution in [0, 0.1) is 24.2 Å². The minimum atomic E-state index is -0.840. The van der Waals surface area contributed by atoms with Crippen molar-refractivity contribution in [3.63, 3.8) is 0 Å². The van der Waals surface area contributed by atoms with Crippen LogP contribution in [0.15, 0.2) is 0 Å². The van der Waals surface area contributed by atoms with Gasteiger partial charge in [-0.2, -0.15) is 6.41 Å². The van der Waals surface area contributed by atoms with Crippen LogP contribution < -0.4 is 21.3 Å². The minimum Gasteiger partial charge on any atom is -0.528 e. The van der Waals surface area contributed by atoms with E-state index in [1.807, 2.05) is 34.6 Å². The van der Waals surface area contributed by atoms with Crippen molar-refractivity contribution < 1.29 is 28.7 Å². The van der Waals surface area contributed by atoms with Crippen LogP contribution in [-0.2, 0) is 28.7 Å². The van der Waals surface area contributed by atoms with Crippen molar-refractivity contribution in [3.05, 3.63) is 0 Å². The van der Waals surface area contributed by atoms with Crippen molar-refractivity contribution in [3.8, 4) is 12.3 Å². The van der Waals surface area contributed by atoms with Gasteiger partial charge >= 0.3 is 0 Å². The van der Waals surface area contributed by atoms with Crippen LogP contribution >= 0.6 is 0 Å². The molecule has 0 fully saturated rings. The Morgan fingerprint density at radius 1 is 0.950 bits per heavy atom. The number of amides is 4.